The predicted molar refractivity (Wildman–Crippen MR) is 89.6 cm³/mol. The van der Waals surface area contributed by atoms with E-state index in [4.69, 9.17) is 0 Å². The Morgan fingerprint density at radius 2 is 1.86 bits per heavy atom. The van der Waals surface area contributed by atoms with Crippen molar-refractivity contribution < 1.29 is 4.79 Å². The molecule has 1 amide bonds. The minimum absolute atomic E-state index is 0.0983. The molecular formula is C18H21N3O. The summed E-state index contributed by atoms with van der Waals surface area (Å²) in [6.07, 6.45) is 4.19. The molecule has 114 valence electrons. The molecule has 0 bridgehead atoms. The van der Waals surface area contributed by atoms with Gasteiger partial charge in [-0.05, 0) is 62.1 Å². The molecule has 2 aromatic rings. The van der Waals surface area contributed by atoms with Gasteiger partial charge in [0.25, 0.3) is 5.91 Å². The second-order valence-electron chi connectivity index (χ2n) is 5.85. The minimum Gasteiger partial charge on any atom is -0.357 e. The van der Waals surface area contributed by atoms with E-state index < -0.39 is 0 Å². The number of aryl methyl sites for hydroxylation is 2. The Bertz CT molecular complexity index is 673. The third kappa shape index (κ3) is 3.11. The molecule has 0 saturated carbocycles. The lowest BCUT2D eigenvalue weighted by molar-refractivity contribution is 0.102. The van der Waals surface area contributed by atoms with Gasteiger partial charge in [0.05, 0.1) is 11.9 Å². The molecule has 1 fully saturated rings. The number of pyridine rings is 1. The standard InChI is InChI=1S/C18H21N3O/c1-13-5-6-15(11-14(13)2)18(22)20-16-7-8-17(19-12-16)21-9-3-4-10-21/h5-8,11-12H,3-4,9-10H2,1-2H3,(H,20,22). The van der Waals surface area contributed by atoms with Crippen LogP contribution < -0.4 is 10.2 Å². The molecule has 0 spiro atoms. The zero-order chi connectivity index (χ0) is 15.5. The number of nitrogens with zero attached hydrogens (tertiary/aromatic N) is 2. The third-order valence-corrected chi connectivity index (χ3v) is 4.20. The number of amides is 1. The van der Waals surface area contributed by atoms with Crippen molar-refractivity contribution in [3.05, 3.63) is 53.2 Å². The van der Waals surface area contributed by atoms with Gasteiger partial charge in [0.15, 0.2) is 0 Å². The van der Waals surface area contributed by atoms with Crippen molar-refractivity contribution in [3.8, 4) is 0 Å². The van der Waals surface area contributed by atoms with Crippen LogP contribution in [0.3, 0.4) is 0 Å². The summed E-state index contributed by atoms with van der Waals surface area (Å²) in [5.41, 5.74) is 3.71. The van der Waals surface area contributed by atoms with Crippen molar-refractivity contribution in [3.63, 3.8) is 0 Å². The number of rotatable bonds is 3. The topological polar surface area (TPSA) is 45.2 Å². The summed E-state index contributed by atoms with van der Waals surface area (Å²) >= 11 is 0. The van der Waals surface area contributed by atoms with Gasteiger partial charge in [0.1, 0.15) is 5.82 Å². The van der Waals surface area contributed by atoms with Crippen molar-refractivity contribution in [1.29, 1.82) is 0 Å². The van der Waals surface area contributed by atoms with Gasteiger partial charge in [0, 0.05) is 18.7 Å². The highest BCUT2D eigenvalue weighted by molar-refractivity contribution is 6.04. The van der Waals surface area contributed by atoms with Crippen LogP contribution in [-0.4, -0.2) is 24.0 Å². The average molecular weight is 295 g/mol. The van der Waals surface area contributed by atoms with Crippen LogP contribution >= 0.6 is 0 Å². The van der Waals surface area contributed by atoms with Gasteiger partial charge < -0.3 is 10.2 Å². The Labute approximate surface area is 131 Å². The molecule has 1 N–H and O–H groups in total. The Kier molecular flexibility index (Phi) is 4.09. The van der Waals surface area contributed by atoms with E-state index in [2.05, 4.69) is 15.2 Å². The molecule has 0 aliphatic carbocycles. The summed E-state index contributed by atoms with van der Waals surface area (Å²) in [7, 11) is 0. The Hall–Kier alpha value is -2.36. The summed E-state index contributed by atoms with van der Waals surface area (Å²) in [4.78, 5) is 19.0. The molecule has 0 unspecified atom stereocenters. The van der Waals surface area contributed by atoms with Gasteiger partial charge in [-0.2, -0.15) is 0 Å². The molecule has 1 saturated heterocycles. The van der Waals surface area contributed by atoms with Crippen molar-refractivity contribution in [1.82, 2.24) is 4.98 Å². The molecule has 1 aliphatic rings. The molecule has 0 radical (unpaired) electrons. The molecule has 0 atom stereocenters. The molecule has 1 aromatic carbocycles. The molecule has 2 heterocycles. The van der Waals surface area contributed by atoms with Crippen LogP contribution in [0.15, 0.2) is 36.5 Å². The van der Waals surface area contributed by atoms with Crippen molar-refractivity contribution >= 4 is 17.4 Å². The fourth-order valence-electron chi connectivity index (χ4n) is 2.68. The lowest BCUT2D eigenvalue weighted by Gasteiger charge is -2.16. The highest BCUT2D eigenvalue weighted by Gasteiger charge is 2.13. The first-order chi connectivity index (χ1) is 10.6. The van der Waals surface area contributed by atoms with E-state index in [0.717, 1.165) is 30.2 Å². The third-order valence-electron chi connectivity index (χ3n) is 4.20. The second kappa shape index (κ2) is 6.18. The first-order valence-electron chi connectivity index (χ1n) is 7.73. The minimum atomic E-state index is -0.0983. The number of benzene rings is 1. The lowest BCUT2D eigenvalue weighted by Crippen LogP contribution is -2.19. The first kappa shape index (κ1) is 14.6. The first-order valence-corrected chi connectivity index (χ1v) is 7.73. The fourth-order valence-corrected chi connectivity index (χ4v) is 2.68. The molecular weight excluding hydrogens is 274 g/mol. The molecule has 4 heteroatoms. The van der Waals surface area contributed by atoms with Crippen LogP contribution in [0.5, 0.6) is 0 Å². The monoisotopic (exact) mass is 295 g/mol. The van der Waals surface area contributed by atoms with Crippen LogP contribution in [-0.2, 0) is 0 Å². The maximum absolute atomic E-state index is 12.3. The van der Waals surface area contributed by atoms with Gasteiger partial charge in [0.2, 0.25) is 0 Å². The zero-order valence-corrected chi connectivity index (χ0v) is 13.1. The van der Waals surface area contributed by atoms with Gasteiger partial charge in [-0.25, -0.2) is 4.98 Å². The van der Waals surface area contributed by atoms with Crippen molar-refractivity contribution in [2.45, 2.75) is 26.7 Å². The number of nitrogens with one attached hydrogen (secondary N) is 1. The smallest absolute Gasteiger partial charge is 0.255 e. The second-order valence-corrected chi connectivity index (χ2v) is 5.85. The van der Waals surface area contributed by atoms with Gasteiger partial charge in [-0.15, -0.1) is 0 Å². The number of aromatic nitrogens is 1. The number of carbonyl (C=O) groups excluding carboxylic acids is 1. The molecule has 22 heavy (non-hydrogen) atoms. The van der Waals surface area contributed by atoms with Crippen molar-refractivity contribution in [2.75, 3.05) is 23.3 Å². The number of carbonyl (C=O) groups is 1. The van der Waals surface area contributed by atoms with E-state index in [-0.39, 0.29) is 5.91 Å². The summed E-state index contributed by atoms with van der Waals surface area (Å²) < 4.78 is 0. The predicted octanol–water partition coefficient (Wildman–Crippen LogP) is 3.55. The van der Waals surface area contributed by atoms with E-state index in [1.54, 1.807) is 6.20 Å². The Morgan fingerprint density at radius 1 is 1.09 bits per heavy atom. The van der Waals surface area contributed by atoms with E-state index >= 15 is 0 Å². The molecule has 4 nitrogen and oxygen atoms in total. The maximum Gasteiger partial charge on any atom is 0.255 e. The quantitative estimate of drug-likeness (QED) is 0.942. The van der Waals surface area contributed by atoms with Crippen LogP contribution in [0.4, 0.5) is 11.5 Å². The van der Waals surface area contributed by atoms with Crippen LogP contribution in [0.2, 0.25) is 0 Å². The van der Waals surface area contributed by atoms with E-state index in [9.17, 15) is 4.79 Å². The van der Waals surface area contributed by atoms with Gasteiger partial charge >= 0.3 is 0 Å². The van der Waals surface area contributed by atoms with Crippen LogP contribution in [0.1, 0.15) is 34.3 Å². The zero-order valence-electron chi connectivity index (χ0n) is 13.1. The lowest BCUT2D eigenvalue weighted by atomic mass is 10.1. The number of anilines is 2. The highest BCUT2D eigenvalue weighted by Crippen LogP contribution is 2.19. The van der Waals surface area contributed by atoms with Gasteiger partial charge in [-0.1, -0.05) is 6.07 Å². The van der Waals surface area contributed by atoms with Gasteiger partial charge in [-0.3, -0.25) is 4.79 Å². The Balaban J connectivity index is 1.69. The summed E-state index contributed by atoms with van der Waals surface area (Å²) in [5.74, 6) is 0.889. The molecule has 1 aromatic heterocycles. The largest absolute Gasteiger partial charge is 0.357 e. The summed E-state index contributed by atoms with van der Waals surface area (Å²) in [6, 6.07) is 9.63. The van der Waals surface area contributed by atoms with Crippen LogP contribution in [0, 0.1) is 13.8 Å². The normalized spacial score (nSPS) is 14.2. The van der Waals surface area contributed by atoms with Crippen LogP contribution in [0.25, 0.3) is 0 Å². The summed E-state index contributed by atoms with van der Waals surface area (Å²) in [6.45, 7) is 6.19. The molecule has 1 aliphatic heterocycles. The van der Waals surface area contributed by atoms with E-state index in [1.165, 1.54) is 18.4 Å². The van der Waals surface area contributed by atoms with Crippen molar-refractivity contribution in [2.24, 2.45) is 0 Å². The van der Waals surface area contributed by atoms with E-state index in [0.29, 0.717) is 5.56 Å². The maximum atomic E-state index is 12.3. The Morgan fingerprint density at radius 3 is 2.50 bits per heavy atom. The summed E-state index contributed by atoms with van der Waals surface area (Å²) in [5, 5.41) is 2.90. The number of hydrogen-bond donors (Lipinski definition) is 1. The molecule has 3 rings (SSSR count). The fraction of sp³-hybridized carbons (Fsp3) is 0.333. The van der Waals surface area contributed by atoms with E-state index in [1.807, 2.05) is 44.2 Å². The highest BCUT2D eigenvalue weighted by atomic mass is 16.1. The SMILES string of the molecule is Cc1ccc(C(=O)Nc2ccc(N3CCCC3)nc2)cc1C. The number of hydrogen-bond acceptors (Lipinski definition) is 3. The average Bonchev–Trinajstić information content (AvgIpc) is 3.05.